The summed E-state index contributed by atoms with van der Waals surface area (Å²) in [5.41, 5.74) is 1.69. The Bertz CT molecular complexity index is 966. The van der Waals surface area contributed by atoms with Crippen molar-refractivity contribution < 1.29 is 14.3 Å². The summed E-state index contributed by atoms with van der Waals surface area (Å²) in [6.45, 7) is 5.97. The number of hydrogen-bond donors (Lipinski definition) is 1. The molecule has 28 heavy (non-hydrogen) atoms. The third-order valence-electron chi connectivity index (χ3n) is 5.26. The van der Waals surface area contributed by atoms with Crippen LogP contribution < -0.4 is 15.0 Å². The maximum atomic E-state index is 13.0. The molecule has 2 heterocycles. The summed E-state index contributed by atoms with van der Waals surface area (Å²) < 4.78 is 11.9. The number of fused-ring (bicyclic) bond motifs is 4. The highest BCUT2D eigenvalue weighted by Crippen LogP contribution is 2.50. The number of esters is 1. The number of aryl methyl sites for hydroxylation is 1. The minimum absolute atomic E-state index is 0.287. The third-order valence-corrected chi connectivity index (χ3v) is 5.80. The molecule has 5 nitrogen and oxygen atoms in total. The van der Waals surface area contributed by atoms with Gasteiger partial charge in [0.15, 0.2) is 5.11 Å². The molecule has 146 valence electrons. The van der Waals surface area contributed by atoms with Gasteiger partial charge >= 0.3 is 5.97 Å². The van der Waals surface area contributed by atoms with Gasteiger partial charge in [-0.3, -0.25) is 9.69 Å². The number of nitrogens with one attached hydrogen (secondary N) is 1. The Morgan fingerprint density at radius 3 is 2.86 bits per heavy atom. The lowest BCUT2D eigenvalue weighted by Crippen LogP contribution is -2.71. The van der Waals surface area contributed by atoms with E-state index in [0.717, 1.165) is 16.8 Å². The van der Waals surface area contributed by atoms with E-state index in [1.807, 2.05) is 55.1 Å². The van der Waals surface area contributed by atoms with Crippen molar-refractivity contribution in [3.8, 4) is 5.75 Å². The molecule has 2 aliphatic rings. The van der Waals surface area contributed by atoms with E-state index in [9.17, 15) is 4.79 Å². The molecule has 1 fully saturated rings. The molecule has 0 spiro atoms. The lowest BCUT2D eigenvalue weighted by atomic mass is 9.79. The van der Waals surface area contributed by atoms with Gasteiger partial charge in [0.05, 0.1) is 12.6 Å². The van der Waals surface area contributed by atoms with Crippen LogP contribution in [-0.4, -0.2) is 23.4 Å². The zero-order valence-electron chi connectivity index (χ0n) is 15.9. The number of ether oxygens (including phenoxy) is 2. The average molecular weight is 417 g/mol. The number of carbonyl (C=O) groups is 1. The molecule has 0 saturated carbocycles. The van der Waals surface area contributed by atoms with Gasteiger partial charge in [-0.05, 0) is 68.9 Å². The van der Waals surface area contributed by atoms with Gasteiger partial charge in [-0.25, -0.2) is 0 Å². The Hall–Kier alpha value is -2.31. The van der Waals surface area contributed by atoms with Gasteiger partial charge in [0, 0.05) is 16.3 Å². The Morgan fingerprint density at radius 1 is 1.36 bits per heavy atom. The summed E-state index contributed by atoms with van der Waals surface area (Å²) in [4.78, 5) is 14.9. The molecule has 1 N–H and O–H groups in total. The van der Waals surface area contributed by atoms with E-state index in [2.05, 4.69) is 5.32 Å². The first-order valence-corrected chi connectivity index (χ1v) is 9.96. The van der Waals surface area contributed by atoms with Crippen molar-refractivity contribution >= 4 is 40.6 Å². The molecular weight excluding hydrogens is 396 g/mol. The van der Waals surface area contributed by atoms with Crippen molar-refractivity contribution in [1.82, 2.24) is 5.32 Å². The van der Waals surface area contributed by atoms with Crippen LogP contribution in [0.3, 0.4) is 0 Å². The number of rotatable bonds is 3. The molecule has 0 aromatic heterocycles. The fourth-order valence-corrected chi connectivity index (χ4v) is 4.70. The fourth-order valence-electron chi connectivity index (χ4n) is 4.10. The monoisotopic (exact) mass is 416 g/mol. The predicted molar refractivity (Wildman–Crippen MR) is 113 cm³/mol. The topological polar surface area (TPSA) is 50.8 Å². The van der Waals surface area contributed by atoms with E-state index in [1.165, 1.54) is 0 Å². The lowest BCUT2D eigenvalue weighted by Gasteiger charge is -2.55. The number of benzene rings is 2. The highest BCUT2D eigenvalue weighted by Gasteiger charge is 2.59. The zero-order valence-corrected chi connectivity index (χ0v) is 17.4. The molecule has 0 amide bonds. The second kappa shape index (κ2) is 6.94. The van der Waals surface area contributed by atoms with E-state index in [1.54, 1.807) is 13.0 Å². The van der Waals surface area contributed by atoms with E-state index in [0.29, 0.717) is 15.9 Å². The molecular formula is C21H21ClN2O3S. The Kier molecular flexibility index (Phi) is 4.71. The van der Waals surface area contributed by atoms with Gasteiger partial charge in [-0.1, -0.05) is 23.7 Å². The van der Waals surface area contributed by atoms with Gasteiger partial charge in [0.25, 0.3) is 0 Å². The number of thiocarbonyl (C=S) groups is 1. The van der Waals surface area contributed by atoms with Crippen molar-refractivity contribution in [3.05, 3.63) is 58.6 Å². The van der Waals surface area contributed by atoms with Crippen LogP contribution in [0.1, 0.15) is 31.0 Å². The van der Waals surface area contributed by atoms with E-state index >= 15 is 0 Å². The molecule has 0 radical (unpaired) electrons. The SMILES string of the molecule is CCOC(=O)[C@H]1[C@H]2NC(=S)N(c3cccc(C)c3)[C@@]1(C)Oc1ccc(Cl)cc12. The van der Waals surface area contributed by atoms with Crippen molar-refractivity contribution in [1.29, 1.82) is 0 Å². The number of anilines is 1. The first kappa shape index (κ1) is 19.0. The summed E-state index contributed by atoms with van der Waals surface area (Å²) in [6, 6.07) is 13.0. The van der Waals surface area contributed by atoms with Crippen molar-refractivity contribution in [2.75, 3.05) is 11.5 Å². The van der Waals surface area contributed by atoms with E-state index < -0.39 is 11.6 Å². The van der Waals surface area contributed by atoms with Crippen LogP contribution in [-0.2, 0) is 9.53 Å². The fraction of sp³-hybridized carbons (Fsp3) is 0.333. The highest BCUT2D eigenvalue weighted by molar-refractivity contribution is 7.80. The van der Waals surface area contributed by atoms with Gasteiger partial charge in [0.1, 0.15) is 11.7 Å². The second-order valence-electron chi connectivity index (χ2n) is 7.17. The zero-order chi connectivity index (χ0) is 20.1. The van der Waals surface area contributed by atoms with Crippen molar-refractivity contribution in [3.63, 3.8) is 0 Å². The lowest BCUT2D eigenvalue weighted by molar-refractivity contribution is -0.159. The van der Waals surface area contributed by atoms with Crippen LogP contribution in [0.4, 0.5) is 5.69 Å². The van der Waals surface area contributed by atoms with Gasteiger partial charge in [0.2, 0.25) is 5.72 Å². The summed E-state index contributed by atoms with van der Waals surface area (Å²) in [5.74, 6) is -0.302. The van der Waals surface area contributed by atoms with Gasteiger partial charge in [-0.2, -0.15) is 0 Å². The smallest absolute Gasteiger partial charge is 0.317 e. The van der Waals surface area contributed by atoms with Crippen LogP contribution in [0.2, 0.25) is 5.02 Å². The number of hydrogen-bond acceptors (Lipinski definition) is 4. The van der Waals surface area contributed by atoms with Crippen LogP contribution >= 0.6 is 23.8 Å². The second-order valence-corrected chi connectivity index (χ2v) is 7.99. The molecule has 2 bridgehead atoms. The largest absolute Gasteiger partial charge is 0.466 e. The quantitative estimate of drug-likeness (QED) is 0.592. The number of carbonyl (C=O) groups excluding carboxylic acids is 1. The van der Waals surface area contributed by atoms with Crippen LogP contribution in [0.15, 0.2) is 42.5 Å². The normalized spacial score (nSPS) is 25.4. The molecule has 0 unspecified atom stereocenters. The third kappa shape index (κ3) is 2.91. The van der Waals surface area contributed by atoms with Crippen LogP contribution in [0.25, 0.3) is 0 Å². The summed E-state index contributed by atoms with van der Waals surface area (Å²) in [5, 5.41) is 4.39. The van der Waals surface area contributed by atoms with Gasteiger partial charge < -0.3 is 14.8 Å². The van der Waals surface area contributed by atoms with Crippen molar-refractivity contribution in [2.45, 2.75) is 32.5 Å². The molecule has 2 aromatic carbocycles. The first-order valence-electron chi connectivity index (χ1n) is 9.17. The molecule has 4 rings (SSSR count). The van der Waals surface area contributed by atoms with Crippen LogP contribution in [0.5, 0.6) is 5.75 Å². The molecule has 1 saturated heterocycles. The van der Waals surface area contributed by atoms with E-state index in [4.69, 9.17) is 33.3 Å². The van der Waals surface area contributed by atoms with Gasteiger partial charge in [-0.15, -0.1) is 0 Å². The Balaban J connectivity index is 1.90. The Morgan fingerprint density at radius 2 is 2.14 bits per heavy atom. The van der Waals surface area contributed by atoms with Crippen LogP contribution in [0, 0.1) is 12.8 Å². The summed E-state index contributed by atoms with van der Waals surface area (Å²) in [6.07, 6.45) is 0. The predicted octanol–water partition coefficient (Wildman–Crippen LogP) is 4.37. The molecule has 2 aliphatic heterocycles. The summed E-state index contributed by atoms with van der Waals surface area (Å²) >= 11 is 11.9. The molecule has 7 heteroatoms. The minimum Gasteiger partial charge on any atom is -0.466 e. The maximum Gasteiger partial charge on any atom is 0.317 e. The molecule has 0 aliphatic carbocycles. The maximum absolute atomic E-state index is 13.0. The first-order chi connectivity index (χ1) is 13.3. The van der Waals surface area contributed by atoms with E-state index in [-0.39, 0.29) is 18.6 Å². The molecule has 3 atom stereocenters. The Labute approximate surface area is 174 Å². The number of halogens is 1. The average Bonchev–Trinajstić information content (AvgIpc) is 2.62. The summed E-state index contributed by atoms with van der Waals surface area (Å²) in [7, 11) is 0. The minimum atomic E-state index is -1.05. The van der Waals surface area contributed by atoms with Crippen molar-refractivity contribution in [2.24, 2.45) is 5.92 Å². The highest BCUT2D eigenvalue weighted by atomic mass is 35.5. The molecule has 2 aromatic rings. The number of nitrogens with zero attached hydrogens (tertiary/aromatic N) is 1. The standard InChI is InChI=1S/C21H21ClN2O3S/c1-4-26-19(25)17-18-15-11-13(22)8-9-16(15)27-21(17,3)24(20(28)23-18)14-7-5-6-12(2)10-14/h5-11,17-18H,4H2,1-3H3,(H,23,28)/t17-,18+,21+/m1/s1.